The van der Waals surface area contributed by atoms with Crippen molar-refractivity contribution in [3.63, 3.8) is 0 Å². The summed E-state index contributed by atoms with van der Waals surface area (Å²) < 4.78 is 0. The van der Waals surface area contributed by atoms with E-state index in [1.807, 2.05) is 6.07 Å². The Morgan fingerprint density at radius 3 is 2.70 bits per heavy atom. The summed E-state index contributed by atoms with van der Waals surface area (Å²) in [5.41, 5.74) is 0.470. The number of anilines is 1. The number of carbonyl (C=O) groups excluding carboxylic acids is 2. The van der Waals surface area contributed by atoms with Crippen molar-refractivity contribution >= 4 is 17.6 Å². The molecular formula is C13H17N5O2. The lowest BCUT2D eigenvalue weighted by atomic mass is 10.3. The number of rotatable bonds is 6. The molecule has 0 aromatic carbocycles. The van der Waals surface area contributed by atoms with E-state index in [1.54, 1.807) is 31.1 Å². The number of aromatic nitrogens is 1. The van der Waals surface area contributed by atoms with Gasteiger partial charge in [0.05, 0.1) is 12.1 Å². The highest BCUT2D eigenvalue weighted by Gasteiger charge is 2.08. The van der Waals surface area contributed by atoms with Crippen LogP contribution in [0.15, 0.2) is 18.3 Å². The van der Waals surface area contributed by atoms with Crippen LogP contribution in [0.3, 0.4) is 0 Å². The van der Waals surface area contributed by atoms with Crippen LogP contribution in [0.5, 0.6) is 0 Å². The largest absolute Gasteiger partial charge is 0.359 e. The molecule has 2 N–H and O–H groups in total. The average molecular weight is 275 g/mol. The number of amides is 2. The number of nitrogens with zero attached hydrogens (tertiary/aromatic N) is 3. The summed E-state index contributed by atoms with van der Waals surface area (Å²) in [6.45, 7) is 0.430. The molecule has 0 atom stereocenters. The summed E-state index contributed by atoms with van der Waals surface area (Å²) in [5, 5.41) is 13.8. The maximum absolute atomic E-state index is 11.7. The van der Waals surface area contributed by atoms with Crippen molar-refractivity contribution in [1.82, 2.24) is 15.6 Å². The molecule has 0 radical (unpaired) electrons. The van der Waals surface area contributed by atoms with Crippen LogP contribution in [0.1, 0.15) is 12.0 Å². The van der Waals surface area contributed by atoms with Gasteiger partial charge in [0.15, 0.2) is 0 Å². The number of hydrogen-bond donors (Lipinski definition) is 2. The Hall–Kier alpha value is -2.62. The van der Waals surface area contributed by atoms with Crippen LogP contribution in [0.2, 0.25) is 0 Å². The molecule has 0 fully saturated rings. The molecule has 2 amide bonds. The van der Waals surface area contributed by atoms with Gasteiger partial charge in [-0.2, -0.15) is 5.26 Å². The number of hydrogen-bond acceptors (Lipinski definition) is 5. The Morgan fingerprint density at radius 2 is 2.15 bits per heavy atom. The molecule has 20 heavy (non-hydrogen) atoms. The van der Waals surface area contributed by atoms with Gasteiger partial charge in [-0.25, -0.2) is 4.98 Å². The summed E-state index contributed by atoms with van der Waals surface area (Å²) in [4.78, 5) is 28.4. The van der Waals surface area contributed by atoms with E-state index in [2.05, 4.69) is 15.6 Å². The predicted octanol–water partition coefficient (Wildman–Crippen LogP) is -0.358. The molecule has 1 aromatic heterocycles. The van der Waals surface area contributed by atoms with Gasteiger partial charge in [0.1, 0.15) is 11.9 Å². The van der Waals surface area contributed by atoms with Crippen molar-refractivity contribution < 1.29 is 9.59 Å². The van der Waals surface area contributed by atoms with Gasteiger partial charge in [-0.1, -0.05) is 0 Å². The first-order valence-electron chi connectivity index (χ1n) is 6.11. The number of carbonyl (C=O) groups is 2. The predicted molar refractivity (Wildman–Crippen MR) is 73.9 cm³/mol. The van der Waals surface area contributed by atoms with Crippen molar-refractivity contribution in [3.05, 3.63) is 23.9 Å². The highest BCUT2D eigenvalue weighted by atomic mass is 16.2. The van der Waals surface area contributed by atoms with Crippen molar-refractivity contribution in [3.8, 4) is 6.07 Å². The van der Waals surface area contributed by atoms with E-state index in [1.165, 1.54) is 6.20 Å². The molecule has 0 saturated carbocycles. The van der Waals surface area contributed by atoms with Crippen molar-refractivity contribution in [2.45, 2.75) is 6.42 Å². The molecule has 0 aliphatic heterocycles. The van der Waals surface area contributed by atoms with Crippen LogP contribution in [0.25, 0.3) is 0 Å². The second-order valence-corrected chi connectivity index (χ2v) is 4.15. The molecule has 0 bridgehead atoms. The fourth-order valence-corrected chi connectivity index (χ4v) is 1.47. The summed E-state index contributed by atoms with van der Waals surface area (Å²) >= 11 is 0. The highest BCUT2D eigenvalue weighted by molar-refractivity contribution is 5.82. The van der Waals surface area contributed by atoms with Crippen LogP contribution in [-0.4, -0.2) is 44.0 Å². The summed E-state index contributed by atoms with van der Waals surface area (Å²) in [6.07, 6.45) is 1.70. The number of nitrogens with one attached hydrogen (secondary N) is 2. The zero-order chi connectivity index (χ0) is 15.0. The smallest absolute Gasteiger partial charge is 0.239 e. The van der Waals surface area contributed by atoms with E-state index in [0.717, 1.165) is 0 Å². The van der Waals surface area contributed by atoms with E-state index in [9.17, 15) is 9.59 Å². The Morgan fingerprint density at radius 1 is 1.40 bits per heavy atom. The van der Waals surface area contributed by atoms with Crippen LogP contribution in [0.4, 0.5) is 5.82 Å². The molecule has 1 heterocycles. The summed E-state index contributed by atoms with van der Waals surface area (Å²) in [7, 11) is 3.28. The maximum atomic E-state index is 11.7. The summed E-state index contributed by atoms with van der Waals surface area (Å²) in [6, 6.07) is 5.30. The Labute approximate surface area is 117 Å². The minimum absolute atomic E-state index is 0.118. The number of nitriles is 1. The van der Waals surface area contributed by atoms with Crippen LogP contribution in [-0.2, 0) is 9.59 Å². The lowest BCUT2D eigenvalue weighted by molar-refractivity contribution is -0.121. The topological polar surface area (TPSA) is 98.1 Å². The third-order valence-electron chi connectivity index (χ3n) is 2.60. The van der Waals surface area contributed by atoms with E-state index in [0.29, 0.717) is 17.9 Å². The first-order chi connectivity index (χ1) is 9.56. The van der Waals surface area contributed by atoms with E-state index in [4.69, 9.17) is 5.26 Å². The van der Waals surface area contributed by atoms with Crippen LogP contribution >= 0.6 is 0 Å². The third-order valence-corrected chi connectivity index (χ3v) is 2.60. The zero-order valence-corrected chi connectivity index (χ0v) is 11.5. The van der Waals surface area contributed by atoms with Gasteiger partial charge >= 0.3 is 0 Å². The standard InChI is InChI=1S/C13H17N5O2/c1-15-12(19)5-6-16-13(20)9-18(2)11-4-3-10(7-14)8-17-11/h3-4,8H,5-6,9H2,1-2H3,(H,15,19)(H,16,20). The van der Waals surface area contributed by atoms with Crippen molar-refractivity contribution in [2.24, 2.45) is 0 Å². The lowest BCUT2D eigenvalue weighted by Crippen LogP contribution is -2.37. The van der Waals surface area contributed by atoms with E-state index in [-0.39, 0.29) is 24.8 Å². The second-order valence-electron chi connectivity index (χ2n) is 4.15. The lowest BCUT2D eigenvalue weighted by Gasteiger charge is -2.17. The first kappa shape index (κ1) is 15.4. The number of likely N-dealkylation sites (N-methyl/N-ethyl adjacent to an activating group) is 1. The molecule has 0 aliphatic rings. The van der Waals surface area contributed by atoms with Gasteiger partial charge < -0.3 is 15.5 Å². The Bertz CT molecular complexity index is 506. The molecule has 0 saturated heterocycles. The minimum atomic E-state index is -0.192. The maximum Gasteiger partial charge on any atom is 0.239 e. The van der Waals surface area contributed by atoms with Crippen molar-refractivity contribution in [2.75, 3.05) is 32.1 Å². The average Bonchev–Trinajstić information content (AvgIpc) is 2.47. The Balaban J connectivity index is 2.40. The van der Waals surface area contributed by atoms with Crippen molar-refractivity contribution in [1.29, 1.82) is 5.26 Å². The van der Waals surface area contributed by atoms with Gasteiger partial charge in [-0.3, -0.25) is 9.59 Å². The monoisotopic (exact) mass is 275 g/mol. The SMILES string of the molecule is CNC(=O)CCNC(=O)CN(C)c1ccc(C#N)cn1. The molecule has 106 valence electrons. The summed E-state index contributed by atoms with van der Waals surface area (Å²) in [5.74, 6) is 0.292. The molecule has 1 aromatic rings. The fraction of sp³-hybridized carbons (Fsp3) is 0.385. The fourth-order valence-electron chi connectivity index (χ4n) is 1.47. The minimum Gasteiger partial charge on any atom is -0.359 e. The molecule has 0 spiro atoms. The third kappa shape index (κ3) is 4.94. The van der Waals surface area contributed by atoms with E-state index < -0.39 is 0 Å². The van der Waals surface area contributed by atoms with Gasteiger partial charge in [-0.05, 0) is 12.1 Å². The highest BCUT2D eigenvalue weighted by Crippen LogP contribution is 2.08. The van der Waals surface area contributed by atoms with Crippen LogP contribution < -0.4 is 15.5 Å². The molecule has 0 unspecified atom stereocenters. The molecule has 7 nitrogen and oxygen atoms in total. The second kappa shape index (κ2) is 7.74. The quantitative estimate of drug-likeness (QED) is 0.739. The van der Waals surface area contributed by atoms with Gasteiger partial charge in [0, 0.05) is 33.3 Å². The molecule has 1 rings (SSSR count). The first-order valence-corrected chi connectivity index (χ1v) is 6.11. The normalized spacial score (nSPS) is 9.45. The van der Waals surface area contributed by atoms with Gasteiger partial charge in [-0.15, -0.1) is 0 Å². The van der Waals surface area contributed by atoms with Gasteiger partial charge in [0.2, 0.25) is 11.8 Å². The van der Waals surface area contributed by atoms with E-state index >= 15 is 0 Å². The zero-order valence-electron chi connectivity index (χ0n) is 11.5. The Kier molecular flexibility index (Phi) is 5.97. The molecule has 0 aliphatic carbocycles. The molecular weight excluding hydrogens is 258 g/mol. The number of pyridine rings is 1. The van der Waals surface area contributed by atoms with Crippen LogP contribution in [0, 0.1) is 11.3 Å². The van der Waals surface area contributed by atoms with Gasteiger partial charge in [0.25, 0.3) is 0 Å². The molecule has 7 heteroatoms.